The molecule has 0 aliphatic carbocycles. The molecule has 20 heavy (non-hydrogen) atoms. The molecule has 2 atom stereocenters. The predicted molar refractivity (Wildman–Crippen MR) is 80.9 cm³/mol. The van der Waals surface area contributed by atoms with Gasteiger partial charge in [-0.25, -0.2) is 4.98 Å². The summed E-state index contributed by atoms with van der Waals surface area (Å²) in [4.78, 5) is 16.7. The van der Waals surface area contributed by atoms with Gasteiger partial charge >= 0.3 is 0 Å². The molecule has 1 amide bonds. The molecule has 3 N–H and O–H groups in total. The van der Waals surface area contributed by atoms with Crippen LogP contribution in [-0.2, 0) is 0 Å². The highest BCUT2D eigenvalue weighted by Crippen LogP contribution is 2.15. The third-order valence-electron chi connectivity index (χ3n) is 3.58. The number of carbonyl (C=O) groups is 1. The molecule has 1 aliphatic heterocycles. The summed E-state index contributed by atoms with van der Waals surface area (Å²) in [7, 11) is 0. The largest absolute Gasteiger partial charge is 0.367 e. The average molecular weight is 276 g/mol. The number of hydrogen-bond acceptors (Lipinski definition) is 4. The monoisotopic (exact) mass is 276 g/mol. The highest BCUT2D eigenvalue weighted by Gasteiger charge is 2.24. The highest BCUT2D eigenvalue weighted by molar-refractivity contribution is 5.98. The molecule has 5 nitrogen and oxygen atoms in total. The molecule has 110 valence electrons. The Hall–Kier alpha value is -1.62. The normalized spacial score (nSPS) is 22.6. The maximum Gasteiger partial charge on any atom is 0.255 e. The van der Waals surface area contributed by atoms with Crippen LogP contribution < -0.4 is 16.0 Å². The third kappa shape index (κ3) is 3.70. The molecular weight excluding hydrogens is 252 g/mol. The van der Waals surface area contributed by atoms with Crippen LogP contribution in [0.2, 0.25) is 0 Å². The predicted octanol–water partition coefficient (Wildman–Crippen LogP) is 1.63. The summed E-state index contributed by atoms with van der Waals surface area (Å²) in [6, 6.07) is 4.09. The van der Waals surface area contributed by atoms with E-state index >= 15 is 0 Å². The SMILES string of the molecule is CC(C)Nc1ncccc1C(=O)NC1CCNCC1C. The lowest BCUT2D eigenvalue weighted by atomic mass is 9.95. The summed E-state index contributed by atoms with van der Waals surface area (Å²) in [5.74, 6) is 1.06. The van der Waals surface area contributed by atoms with E-state index in [1.807, 2.05) is 19.9 Å². The van der Waals surface area contributed by atoms with Crippen molar-refractivity contribution < 1.29 is 4.79 Å². The quantitative estimate of drug-likeness (QED) is 0.782. The average Bonchev–Trinajstić information content (AvgIpc) is 2.41. The van der Waals surface area contributed by atoms with Crippen molar-refractivity contribution in [1.29, 1.82) is 0 Å². The first-order valence-corrected chi connectivity index (χ1v) is 7.31. The van der Waals surface area contributed by atoms with Crippen LogP contribution in [0.25, 0.3) is 0 Å². The van der Waals surface area contributed by atoms with Gasteiger partial charge in [0, 0.05) is 18.3 Å². The Bertz CT molecular complexity index is 461. The van der Waals surface area contributed by atoms with Crippen molar-refractivity contribution in [2.75, 3.05) is 18.4 Å². The Morgan fingerprint density at radius 2 is 2.30 bits per heavy atom. The van der Waals surface area contributed by atoms with Crippen LogP contribution in [0.5, 0.6) is 0 Å². The van der Waals surface area contributed by atoms with Crippen LogP contribution in [0.4, 0.5) is 5.82 Å². The molecule has 0 aromatic carbocycles. The number of pyridine rings is 1. The molecule has 2 unspecified atom stereocenters. The summed E-state index contributed by atoms with van der Waals surface area (Å²) in [6.07, 6.45) is 2.68. The number of nitrogens with one attached hydrogen (secondary N) is 3. The van der Waals surface area contributed by atoms with Crippen LogP contribution in [0.15, 0.2) is 18.3 Å². The zero-order chi connectivity index (χ0) is 14.5. The van der Waals surface area contributed by atoms with E-state index in [1.54, 1.807) is 12.3 Å². The molecule has 1 aliphatic rings. The Morgan fingerprint density at radius 3 is 3.00 bits per heavy atom. The van der Waals surface area contributed by atoms with E-state index in [4.69, 9.17) is 0 Å². The van der Waals surface area contributed by atoms with E-state index < -0.39 is 0 Å². The van der Waals surface area contributed by atoms with Gasteiger partial charge in [-0.2, -0.15) is 0 Å². The molecule has 0 saturated carbocycles. The van der Waals surface area contributed by atoms with Gasteiger partial charge in [0.2, 0.25) is 0 Å². The van der Waals surface area contributed by atoms with E-state index in [-0.39, 0.29) is 18.0 Å². The number of anilines is 1. The smallest absolute Gasteiger partial charge is 0.255 e. The van der Waals surface area contributed by atoms with Crippen molar-refractivity contribution >= 4 is 11.7 Å². The van der Waals surface area contributed by atoms with E-state index in [9.17, 15) is 4.79 Å². The fourth-order valence-corrected chi connectivity index (χ4v) is 2.45. The fourth-order valence-electron chi connectivity index (χ4n) is 2.45. The van der Waals surface area contributed by atoms with Gasteiger partial charge in [-0.1, -0.05) is 6.92 Å². The van der Waals surface area contributed by atoms with Crippen molar-refractivity contribution in [3.63, 3.8) is 0 Å². The lowest BCUT2D eigenvalue weighted by Crippen LogP contribution is -2.48. The second-order valence-electron chi connectivity index (χ2n) is 5.75. The molecule has 2 heterocycles. The van der Waals surface area contributed by atoms with Gasteiger partial charge in [0.25, 0.3) is 5.91 Å². The molecule has 0 radical (unpaired) electrons. The van der Waals surface area contributed by atoms with E-state index in [1.165, 1.54) is 0 Å². The minimum Gasteiger partial charge on any atom is -0.367 e. The summed E-state index contributed by atoms with van der Waals surface area (Å²) < 4.78 is 0. The summed E-state index contributed by atoms with van der Waals surface area (Å²) in [5, 5.41) is 9.70. The molecule has 0 bridgehead atoms. The number of aromatic nitrogens is 1. The number of rotatable bonds is 4. The minimum absolute atomic E-state index is 0.0417. The zero-order valence-corrected chi connectivity index (χ0v) is 12.4. The van der Waals surface area contributed by atoms with Crippen LogP contribution in [0.3, 0.4) is 0 Å². The van der Waals surface area contributed by atoms with Crippen molar-refractivity contribution in [1.82, 2.24) is 15.6 Å². The summed E-state index contributed by atoms with van der Waals surface area (Å²) >= 11 is 0. The maximum absolute atomic E-state index is 12.4. The zero-order valence-electron chi connectivity index (χ0n) is 12.4. The number of amides is 1. The first-order chi connectivity index (χ1) is 9.58. The first-order valence-electron chi connectivity index (χ1n) is 7.31. The van der Waals surface area contributed by atoms with Gasteiger partial charge in [-0.15, -0.1) is 0 Å². The molecule has 5 heteroatoms. The number of hydrogen-bond donors (Lipinski definition) is 3. The van der Waals surface area contributed by atoms with Gasteiger partial charge in [-0.05, 0) is 51.4 Å². The Balaban J connectivity index is 2.08. The second-order valence-corrected chi connectivity index (χ2v) is 5.75. The summed E-state index contributed by atoms with van der Waals surface area (Å²) in [6.45, 7) is 8.14. The molecular formula is C15H24N4O. The van der Waals surface area contributed by atoms with Crippen LogP contribution in [-0.4, -0.2) is 36.1 Å². The molecule has 1 aromatic heterocycles. The molecule has 1 aromatic rings. The van der Waals surface area contributed by atoms with Gasteiger partial charge in [0.05, 0.1) is 5.56 Å². The lowest BCUT2D eigenvalue weighted by Gasteiger charge is -2.30. The van der Waals surface area contributed by atoms with Crippen molar-refractivity contribution in [2.24, 2.45) is 5.92 Å². The Morgan fingerprint density at radius 1 is 1.50 bits per heavy atom. The third-order valence-corrected chi connectivity index (χ3v) is 3.58. The molecule has 2 rings (SSSR count). The van der Waals surface area contributed by atoms with Gasteiger partial charge < -0.3 is 16.0 Å². The summed E-state index contributed by atoms with van der Waals surface area (Å²) in [5.41, 5.74) is 0.618. The van der Waals surface area contributed by atoms with E-state index in [0.717, 1.165) is 19.5 Å². The van der Waals surface area contributed by atoms with Gasteiger partial charge in [0.1, 0.15) is 5.82 Å². The number of carbonyl (C=O) groups excluding carboxylic acids is 1. The Kier molecular flexibility index (Phi) is 4.95. The number of nitrogens with zero attached hydrogens (tertiary/aromatic N) is 1. The van der Waals surface area contributed by atoms with Crippen LogP contribution in [0, 0.1) is 5.92 Å². The Labute approximate surface area is 120 Å². The van der Waals surface area contributed by atoms with Crippen molar-refractivity contribution in [2.45, 2.75) is 39.3 Å². The van der Waals surface area contributed by atoms with Crippen molar-refractivity contribution in [3.05, 3.63) is 23.9 Å². The first kappa shape index (κ1) is 14.8. The van der Waals surface area contributed by atoms with Crippen molar-refractivity contribution in [3.8, 4) is 0 Å². The molecule has 1 fully saturated rings. The topological polar surface area (TPSA) is 66.0 Å². The number of piperidine rings is 1. The second kappa shape index (κ2) is 6.70. The standard InChI is InChI=1S/C15H24N4O/c1-10(2)18-14-12(5-4-7-17-14)15(20)19-13-6-8-16-9-11(13)3/h4-5,7,10-11,13,16H,6,8-9H2,1-3H3,(H,17,18)(H,19,20). The fraction of sp³-hybridized carbons (Fsp3) is 0.600. The van der Waals surface area contributed by atoms with Gasteiger partial charge in [0.15, 0.2) is 0 Å². The van der Waals surface area contributed by atoms with E-state index in [0.29, 0.717) is 17.3 Å². The molecule has 0 spiro atoms. The van der Waals surface area contributed by atoms with E-state index in [2.05, 4.69) is 27.9 Å². The minimum atomic E-state index is -0.0417. The molecule has 1 saturated heterocycles. The maximum atomic E-state index is 12.4. The lowest BCUT2D eigenvalue weighted by molar-refractivity contribution is 0.0914. The van der Waals surface area contributed by atoms with Gasteiger partial charge in [-0.3, -0.25) is 4.79 Å². The van der Waals surface area contributed by atoms with Crippen LogP contribution in [0.1, 0.15) is 37.6 Å². The highest BCUT2D eigenvalue weighted by atomic mass is 16.1. The van der Waals surface area contributed by atoms with Crippen LogP contribution >= 0.6 is 0 Å².